The Bertz CT molecular complexity index is 1300. The van der Waals surface area contributed by atoms with E-state index in [0.29, 0.717) is 11.5 Å². The lowest BCUT2D eigenvalue weighted by molar-refractivity contribution is -0.159. The predicted molar refractivity (Wildman–Crippen MR) is 135 cm³/mol. The van der Waals surface area contributed by atoms with Gasteiger partial charge in [-0.2, -0.15) is 0 Å². The Hall–Kier alpha value is -4.25. The number of nitrogens with zero attached hydrogens (tertiary/aromatic N) is 1. The minimum atomic E-state index is -1.82. The molecule has 1 aromatic heterocycles. The molecule has 0 radical (unpaired) electrons. The molecule has 0 bridgehead atoms. The van der Waals surface area contributed by atoms with Gasteiger partial charge in [0.1, 0.15) is 6.10 Å². The molecule has 11 heteroatoms. The average molecular weight is 512 g/mol. The van der Waals surface area contributed by atoms with E-state index in [-0.39, 0.29) is 12.9 Å². The zero-order valence-corrected chi connectivity index (χ0v) is 20.6. The number of carboxylic acids is 2. The second kappa shape index (κ2) is 11.7. The third kappa shape index (κ3) is 6.31. The van der Waals surface area contributed by atoms with Gasteiger partial charge < -0.3 is 39.6 Å². The van der Waals surface area contributed by atoms with Crippen LogP contribution in [-0.4, -0.2) is 65.9 Å². The molecule has 3 aromatic rings. The number of hydrogen-bond acceptors (Lipinski definition) is 8. The molecule has 3 heterocycles. The molecule has 196 valence electrons. The smallest absolute Gasteiger partial charge is 0.414 e. The zero-order chi connectivity index (χ0) is 26.4. The topological polar surface area (TPSA) is 152 Å². The van der Waals surface area contributed by atoms with Crippen LogP contribution in [0.3, 0.4) is 0 Å². The van der Waals surface area contributed by atoms with Gasteiger partial charge in [-0.1, -0.05) is 23.4 Å². The summed E-state index contributed by atoms with van der Waals surface area (Å²) in [6.45, 7) is 4.00. The summed E-state index contributed by atoms with van der Waals surface area (Å²) in [6, 6.07) is 12.4. The van der Waals surface area contributed by atoms with Crippen LogP contribution < -0.4 is 19.5 Å². The quantitative estimate of drug-likeness (QED) is 0.264. The summed E-state index contributed by atoms with van der Waals surface area (Å²) < 4.78 is 16.4. The Kier molecular flexibility index (Phi) is 8.14. The van der Waals surface area contributed by atoms with Gasteiger partial charge in [0.05, 0.1) is 12.8 Å². The van der Waals surface area contributed by atoms with Crippen molar-refractivity contribution in [3.63, 3.8) is 0 Å². The van der Waals surface area contributed by atoms with Gasteiger partial charge in [0.15, 0.2) is 11.5 Å². The predicted octanol–water partition coefficient (Wildman–Crippen LogP) is 2.89. The Morgan fingerprint density at radius 1 is 1.19 bits per heavy atom. The highest BCUT2D eigenvalue weighted by molar-refractivity contribution is 6.27. The first-order chi connectivity index (χ1) is 17.9. The Morgan fingerprint density at radius 2 is 1.97 bits per heavy atom. The van der Waals surface area contributed by atoms with Gasteiger partial charge in [0.25, 0.3) is 0 Å². The van der Waals surface area contributed by atoms with E-state index in [1.54, 1.807) is 7.11 Å². The molecule has 11 nitrogen and oxygen atoms in total. The number of aryl methyl sites for hydroxylation is 1. The highest BCUT2D eigenvalue weighted by Gasteiger charge is 2.25. The standard InChI is InChI=1S/C24H27N3O4.C2H2O4/c1-15-19(20-5-3-4-6-21(20)26-15)7-8-25-13-17-12-18(31-27-17)9-16-10-22(28-2)24-23(11-16)29-14-30-24;3-1(4)2(5)6/h3-6,10-11,18,25-26H,7-9,12-14H2,1-2H3;(H,3,4)(H,5,6). The van der Waals surface area contributed by atoms with Crippen LogP contribution >= 0.6 is 0 Å². The van der Waals surface area contributed by atoms with E-state index in [2.05, 4.69) is 46.6 Å². The summed E-state index contributed by atoms with van der Waals surface area (Å²) in [6.07, 6.45) is 2.56. The van der Waals surface area contributed by atoms with Gasteiger partial charge in [0.2, 0.25) is 12.5 Å². The van der Waals surface area contributed by atoms with E-state index < -0.39 is 11.9 Å². The molecular weight excluding hydrogens is 482 g/mol. The summed E-state index contributed by atoms with van der Waals surface area (Å²) in [5.74, 6) is -1.56. The molecule has 1 unspecified atom stereocenters. The number of carboxylic acid groups (broad SMARTS) is 2. The Labute approximate surface area is 213 Å². The molecule has 0 saturated carbocycles. The van der Waals surface area contributed by atoms with Gasteiger partial charge in [0, 0.05) is 36.0 Å². The van der Waals surface area contributed by atoms with Crippen molar-refractivity contribution in [3.8, 4) is 17.2 Å². The van der Waals surface area contributed by atoms with E-state index in [9.17, 15) is 0 Å². The van der Waals surface area contributed by atoms with Crippen molar-refractivity contribution in [2.24, 2.45) is 5.16 Å². The Morgan fingerprint density at radius 3 is 2.73 bits per heavy atom. The van der Waals surface area contributed by atoms with Crippen LogP contribution in [0.2, 0.25) is 0 Å². The second-order valence-corrected chi connectivity index (χ2v) is 8.64. The molecule has 0 amide bonds. The average Bonchev–Trinajstić information content (AvgIpc) is 3.60. The molecule has 37 heavy (non-hydrogen) atoms. The highest BCUT2D eigenvalue weighted by Crippen LogP contribution is 2.42. The first-order valence-electron chi connectivity index (χ1n) is 11.8. The van der Waals surface area contributed by atoms with Crippen molar-refractivity contribution in [3.05, 3.63) is 53.2 Å². The summed E-state index contributed by atoms with van der Waals surface area (Å²) >= 11 is 0. The van der Waals surface area contributed by atoms with Gasteiger partial charge >= 0.3 is 11.9 Å². The van der Waals surface area contributed by atoms with E-state index in [0.717, 1.165) is 49.4 Å². The minimum absolute atomic E-state index is 0.0257. The van der Waals surface area contributed by atoms with Crippen molar-refractivity contribution in [2.45, 2.75) is 32.3 Å². The monoisotopic (exact) mass is 511 g/mol. The van der Waals surface area contributed by atoms with Crippen molar-refractivity contribution in [1.29, 1.82) is 0 Å². The number of oxime groups is 1. The number of nitrogens with one attached hydrogen (secondary N) is 2. The zero-order valence-electron chi connectivity index (χ0n) is 20.6. The van der Waals surface area contributed by atoms with E-state index in [4.69, 9.17) is 38.9 Å². The van der Waals surface area contributed by atoms with Crippen molar-refractivity contribution < 1.29 is 38.9 Å². The maximum absolute atomic E-state index is 9.10. The van der Waals surface area contributed by atoms with Crippen LogP contribution in [0.1, 0.15) is 23.2 Å². The maximum Gasteiger partial charge on any atom is 0.414 e. The number of aromatic amines is 1. The first kappa shape index (κ1) is 25.8. The van der Waals surface area contributed by atoms with Crippen LogP contribution in [0.15, 0.2) is 41.6 Å². The molecule has 2 aromatic carbocycles. The third-order valence-electron chi connectivity index (χ3n) is 6.07. The number of benzene rings is 2. The van der Waals surface area contributed by atoms with Crippen LogP contribution in [0.4, 0.5) is 0 Å². The number of para-hydroxylation sites is 1. The highest BCUT2D eigenvalue weighted by atomic mass is 16.7. The lowest BCUT2D eigenvalue weighted by atomic mass is 10.0. The molecule has 1 atom stereocenters. The molecule has 2 aliphatic heterocycles. The van der Waals surface area contributed by atoms with Crippen molar-refractivity contribution in [1.82, 2.24) is 10.3 Å². The lowest BCUT2D eigenvalue weighted by Gasteiger charge is -2.11. The number of aromatic nitrogens is 1. The van der Waals surface area contributed by atoms with Crippen LogP contribution in [-0.2, 0) is 27.3 Å². The first-order valence-corrected chi connectivity index (χ1v) is 11.8. The SMILES string of the molecule is COc1cc(CC2CC(CNCCc3c(C)[nH]c4ccccc34)=NO2)cc2c1OCO2.O=C(O)C(=O)O. The van der Waals surface area contributed by atoms with Gasteiger partial charge in [-0.15, -0.1) is 0 Å². The molecule has 0 fully saturated rings. The van der Waals surface area contributed by atoms with E-state index in [1.165, 1.54) is 22.2 Å². The molecule has 4 N–H and O–H groups in total. The Balaban J connectivity index is 0.000000480. The number of rotatable bonds is 8. The number of fused-ring (bicyclic) bond motifs is 2. The molecule has 0 saturated heterocycles. The number of H-pyrrole nitrogens is 1. The van der Waals surface area contributed by atoms with Gasteiger partial charge in [-0.25, -0.2) is 9.59 Å². The number of hydrogen-bond donors (Lipinski definition) is 4. The molecular formula is C26H29N3O8. The largest absolute Gasteiger partial charge is 0.493 e. The fourth-order valence-electron chi connectivity index (χ4n) is 4.37. The summed E-state index contributed by atoms with van der Waals surface area (Å²) in [5.41, 5.74) is 5.95. The summed E-state index contributed by atoms with van der Waals surface area (Å²) in [4.78, 5) is 27.3. The number of methoxy groups -OCH3 is 1. The van der Waals surface area contributed by atoms with Crippen LogP contribution in [0, 0.1) is 6.92 Å². The van der Waals surface area contributed by atoms with Gasteiger partial charge in [-0.05, 0) is 49.2 Å². The number of carbonyl (C=O) groups is 2. The van der Waals surface area contributed by atoms with E-state index in [1.807, 2.05) is 12.1 Å². The number of aliphatic carboxylic acids is 2. The third-order valence-corrected chi connectivity index (χ3v) is 6.07. The fourth-order valence-corrected chi connectivity index (χ4v) is 4.37. The number of ether oxygens (including phenoxy) is 3. The minimum Gasteiger partial charge on any atom is -0.493 e. The fraction of sp³-hybridized carbons (Fsp3) is 0.346. The van der Waals surface area contributed by atoms with Crippen molar-refractivity contribution >= 4 is 28.6 Å². The summed E-state index contributed by atoms with van der Waals surface area (Å²) in [7, 11) is 1.64. The second-order valence-electron chi connectivity index (χ2n) is 8.64. The molecule has 5 rings (SSSR count). The normalized spacial score (nSPS) is 15.5. The van der Waals surface area contributed by atoms with E-state index >= 15 is 0 Å². The summed E-state index contributed by atoms with van der Waals surface area (Å²) in [5, 5.41) is 23.9. The molecule has 2 aliphatic rings. The molecule has 0 aliphatic carbocycles. The van der Waals surface area contributed by atoms with Gasteiger partial charge in [-0.3, -0.25) is 0 Å². The van der Waals surface area contributed by atoms with Crippen LogP contribution in [0.5, 0.6) is 17.2 Å². The lowest BCUT2D eigenvalue weighted by Crippen LogP contribution is -2.25. The molecule has 0 spiro atoms. The van der Waals surface area contributed by atoms with Crippen LogP contribution in [0.25, 0.3) is 10.9 Å². The maximum atomic E-state index is 9.10. The van der Waals surface area contributed by atoms with Crippen molar-refractivity contribution in [2.75, 3.05) is 27.0 Å².